The van der Waals surface area contributed by atoms with Crippen LogP contribution in [0, 0.1) is 0 Å². The molecule has 0 radical (unpaired) electrons. The van der Waals surface area contributed by atoms with Crippen LogP contribution in [0.2, 0.25) is 25.7 Å². The molecule has 0 heterocycles. The van der Waals surface area contributed by atoms with E-state index in [-0.39, 0.29) is 0 Å². The number of esters is 1. The van der Waals surface area contributed by atoms with Crippen molar-refractivity contribution in [1.82, 2.24) is 5.32 Å². The second-order valence-electron chi connectivity index (χ2n) is 6.82. The lowest BCUT2D eigenvalue weighted by Crippen LogP contribution is -2.44. The highest BCUT2D eigenvalue weighted by Crippen LogP contribution is 2.14. The Balaban J connectivity index is 4.52. The molecule has 6 heteroatoms. The average Bonchev–Trinajstić information content (AvgIpc) is 2.19. The lowest BCUT2D eigenvalue weighted by molar-refractivity contribution is -0.143. The largest absolute Gasteiger partial charge is 0.467 e. The fraction of sp³-hybridized carbons (Fsp3) is 0.846. The van der Waals surface area contributed by atoms with Gasteiger partial charge in [0.15, 0.2) is 0 Å². The lowest BCUT2D eigenvalue weighted by Gasteiger charge is -2.24. The highest BCUT2D eigenvalue weighted by molar-refractivity contribution is 6.76. The van der Waals surface area contributed by atoms with E-state index in [1.165, 1.54) is 7.11 Å². The van der Waals surface area contributed by atoms with Gasteiger partial charge in [0.25, 0.3) is 0 Å². The van der Waals surface area contributed by atoms with Crippen LogP contribution in [-0.4, -0.2) is 38.9 Å². The van der Waals surface area contributed by atoms with Crippen molar-refractivity contribution in [2.24, 2.45) is 0 Å². The molecule has 0 saturated heterocycles. The Kier molecular flexibility index (Phi) is 6.55. The predicted octanol–water partition coefficient (Wildman–Crippen LogP) is 2.78. The molecule has 1 amide bonds. The minimum atomic E-state index is -1.28. The first-order valence-corrected chi connectivity index (χ1v) is 10.2. The normalized spacial score (nSPS) is 13.6. The zero-order valence-corrected chi connectivity index (χ0v) is 14.1. The number of carbonyl (C=O) groups is 2. The van der Waals surface area contributed by atoms with Crippen LogP contribution in [0.25, 0.3) is 0 Å². The van der Waals surface area contributed by atoms with Gasteiger partial charge in [0.05, 0.1) is 7.11 Å². The number of hydrogen-bond acceptors (Lipinski definition) is 4. The summed E-state index contributed by atoms with van der Waals surface area (Å²) in [5, 5.41) is 2.58. The average molecular weight is 289 g/mol. The summed E-state index contributed by atoms with van der Waals surface area (Å²) in [6.45, 7) is 12.0. The SMILES string of the molecule is COC(=O)[C@@H](CC[Si](C)(C)C)NC(=O)OC(C)(C)C. The van der Waals surface area contributed by atoms with E-state index < -0.39 is 31.8 Å². The number of amides is 1. The maximum Gasteiger partial charge on any atom is 0.408 e. The van der Waals surface area contributed by atoms with Crippen molar-refractivity contribution in [1.29, 1.82) is 0 Å². The topological polar surface area (TPSA) is 64.6 Å². The summed E-state index contributed by atoms with van der Waals surface area (Å²) in [6, 6.07) is 0.300. The molecule has 0 aromatic heterocycles. The molecule has 112 valence electrons. The van der Waals surface area contributed by atoms with E-state index in [9.17, 15) is 9.59 Å². The van der Waals surface area contributed by atoms with Crippen LogP contribution in [0.15, 0.2) is 0 Å². The molecule has 0 aromatic carbocycles. The van der Waals surface area contributed by atoms with Gasteiger partial charge < -0.3 is 14.8 Å². The second-order valence-corrected chi connectivity index (χ2v) is 12.4. The third-order valence-electron chi connectivity index (χ3n) is 2.36. The first-order chi connectivity index (χ1) is 8.44. The van der Waals surface area contributed by atoms with Crippen LogP contribution in [0.5, 0.6) is 0 Å². The fourth-order valence-electron chi connectivity index (χ4n) is 1.42. The molecule has 5 nitrogen and oxygen atoms in total. The fourth-order valence-corrected chi connectivity index (χ4v) is 2.57. The van der Waals surface area contributed by atoms with Gasteiger partial charge in [-0.05, 0) is 27.2 Å². The molecule has 0 spiro atoms. The Morgan fingerprint density at radius 2 is 1.74 bits per heavy atom. The number of carbonyl (C=O) groups excluding carboxylic acids is 2. The maximum absolute atomic E-state index is 11.7. The molecule has 0 rings (SSSR count). The Morgan fingerprint density at radius 3 is 2.11 bits per heavy atom. The number of ether oxygens (including phenoxy) is 2. The summed E-state index contributed by atoms with van der Waals surface area (Å²) in [6.07, 6.45) is 0.000214. The van der Waals surface area contributed by atoms with Crippen molar-refractivity contribution in [3.63, 3.8) is 0 Å². The third kappa shape index (κ3) is 9.52. The van der Waals surface area contributed by atoms with Gasteiger partial charge in [0, 0.05) is 8.07 Å². The standard InChI is InChI=1S/C13H27NO4Si/c1-13(2,3)18-12(16)14-10(11(15)17-4)8-9-19(5,6)7/h10H,8-9H2,1-7H3,(H,14,16)/t10-/m1/s1. The van der Waals surface area contributed by atoms with Gasteiger partial charge >= 0.3 is 12.1 Å². The molecule has 0 aliphatic rings. The summed E-state index contributed by atoms with van der Waals surface area (Å²) < 4.78 is 9.86. The molecule has 1 atom stereocenters. The molecular weight excluding hydrogens is 262 g/mol. The molecule has 0 aliphatic carbocycles. The summed E-state index contributed by atoms with van der Waals surface area (Å²) in [7, 11) is 0.0437. The quantitative estimate of drug-likeness (QED) is 0.624. The summed E-state index contributed by atoms with van der Waals surface area (Å²) in [5.74, 6) is -0.427. The highest BCUT2D eigenvalue weighted by Gasteiger charge is 2.26. The zero-order valence-electron chi connectivity index (χ0n) is 13.1. The Morgan fingerprint density at radius 1 is 1.21 bits per heavy atom. The van der Waals surface area contributed by atoms with E-state index in [0.29, 0.717) is 6.42 Å². The van der Waals surface area contributed by atoms with Gasteiger partial charge in [-0.3, -0.25) is 0 Å². The molecule has 1 N–H and O–H groups in total. The number of rotatable bonds is 5. The van der Waals surface area contributed by atoms with Crippen molar-refractivity contribution in [3.8, 4) is 0 Å². The molecule has 0 fully saturated rings. The van der Waals surface area contributed by atoms with Crippen molar-refractivity contribution in [2.75, 3.05) is 7.11 Å². The molecule has 0 bridgehead atoms. The molecular formula is C13H27NO4Si. The Labute approximate surface area is 117 Å². The van der Waals surface area contributed by atoms with E-state index in [1.807, 2.05) is 0 Å². The van der Waals surface area contributed by atoms with Crippen LogP contribution < -0.4 is 5.32 Å². The minimum absolute atomic E-state index is 0.427. The second kappa shape index (κ2) is 6.93. The van der Waals surface area contributed by atoms with E-state index in [2.05, 4.69) is 25.0 Å². The first-order valence-electron chi connectivity index (χ1n) is 6.52. The summed E-state index contributed by atoms with van der Waals surface area (Å²) in [5.41, 5.74) is -0.580. The number of hydrogen-bond donors (Lipinski definition) is 1. The Bertz CT molecular complexity index is 318. The minimum Gasteiger partial charge on any atom is -0.467 e. The highest BCUT2D eigenvalue weighted by atomic mass is 28.3. The lowest BCUT2D eigenvalue weighted by atomic mass is 10.2. The molecule has 0 aliphatic heterocycles. The molecule has 0 saturated carbocycles. The molecule has 19 heavy (non-hydrogen) atoms. The van der Waals surface area contributed by atoms with Gasteiger partial charge in [0.1, 0.15) is 11.6 Å². The smallest absolute Gasteiger partial charge is 0.408 e. The van der Waals surface area contributed by atoms with Crippen molar-refractivity contribution in [2.45, 2.75) is 64.5 Å². The van der Waals surface area contributed by atoms with Crippen LogP contribution >= 0.6 is 0 Å². The predicted molar refractivity (Wildman–Crippen MR) is 77.9 cm³/mol. The summed E-state index contributed by atoms with van der Waals surface area (Å²) in [4.78, 5) is 23.3. The van der Waals surface area contributed by atoms with Crippen molar-refractivity contribution < 1.29 is 19.1 Å². The van der Waals surface area contributed by atoms with E-state index >= 15 is 0 Å². The van der Waals surface area contributed by atoms with Crippen LogP contribution in [0.3, 0.4) is 0 Å². The van der Waals surface area contributed by atoms with Crippen LogP contribution in [0.1, 0.15) is 27.2 Å². The van der Waals surface area contributed by atoms with Crippen LogP contribution in [-0.2, 0) is 14.3 Å². The zero-order chi connectivity index (χ0) is 15.3. The van der Waals surface area contributed by atoms with Gasteiger partial charge in [0.2, 0.25) is 0 Å². The van der Waals surface area contributed by atoms with E-state index in [1.54, 1.807) is 20.8 Å². The third-order valence-corrected chi connectivity index (χ3v) is 4.15. The first kappa shape index (κ1) is 18.0. The van der Waals surface area contributed by atoms with Gasteiger partial charge in [-0.1, -0.05) is 25.7 Å². The molecule has 0 unspecified atom stereocenters. The summed E-state index contributed by atoms with van der Waals surface area (Å²) >= 11 is 0. The van der Waals surface area contributed by atoms with E-state index in [4.69, 9.17) is 9.47 Å². The van der Waals surface area contributed by atoms with Crippen molar-refractivity contribution >= 4 is 20.1 Å². The number of methoxy groups -OCH3 is 1. The number of nitrogens with one attached hydrogen (secondary N) is 1. The van der Waals surface area contributed by atoms with Crippen LogP contribution in [0.4, 0.5) is 4.79 Å². The monoisotopic (exact) mass is 289 g/mol. The maximum atomic E-state index is 11.7. The van der Waals surface area contributed by atoms with Gasteiger partial charge in [-0.15, -0.1) is 0 Å². The van der Waals surface area contributed by atoms with Crippen molar-refractivity contribution in [3.05, 3.63) is 0 Å². The molecule has 0 aromatic rings. The van der Waals surface area contributed by atoms with Gasteiger partial charge in [-0.2, -0.15) is 0 Å². The van der Waals surface area contributed by atoms with E-state index in [0.717, 1.165) is 6.04 Å². The van der Waals surface area contributed by atoms with Gasteiger partial charge in [-0.25, -0.2) is 9.59 Å². The number of alkyl carbamates (subject to hydrolysis) is 1. The Hall–Kier alpha value is -1.04.